The van der Waals surface area contributed by atoms with Gasteiger partial charge in [-0.2, -0.15) is 0 Å². The summed E-state index contributed by atoms with van der Waals surface area (Å²) in [6, 6.07) is 13.6. The van der Waals surface area contributed by atoms with Gasteiger partial charge in [-0.1, -0.05) is 43.3 Å². The maximum absolute atomic E-state index is 13.7. The lowest BCUT2D eigenvalue weighted by Crippen LogP contribution is -2.30. The molecule has 0 bridgehead atoms. The first kappa shape index (κ1) is 21.2. The number of carbonyl (C=O) groups is 1. The quantitative estimate of drug-likeness (QED) is 0.478. The molecule has 0 aliphatic heterocycles. The van der Waals surface area contributed by atoms with Crippen LogP contribution in [-0.4, -0.2) is 20.4 Å². The Balaban J connectivity index is 1.99. The van der Waals surface area contributed by atoms with Gasteiger partial charge in [-0.15, -0.1) is 0 Å². The Morgan fingerprint density at radius 1 is 1.25 bits per heavy atom. The van der Waals surface area contributed by atoms with Gasteiger partial charge in [0.05, 0.1) is 28.5 Å². The summed E-state index contributed by atoms with van der Waals surface area (Å²) in [7, 11) is 0. The predicted molar refractivity (Wildman–Crippen MR) is 123 cm³/mol. The summed E-state index contributed by atoms with van der Waals surface area (Å²) in [5.74, 6) is -0.260. The van der Waals surface area contributed by atoms with E-state index in [9.17, 15) is 19.7 Å². The van der Waals surface area contributed by atoms with Crippen LogP contribution >= 0.6 is 0 Å². The molecule has 32 heavy (non-hydrogen) atoms. The number of nitro groups is 1. The molecule has 2 aromatic carbocycles. The second kappa shape index (κ2) is 8.58. The molecule has 1 amide bonds. The van der Waals surface area contributed by atoms with Gasteiger partial charge in [0.15, 0.2) is 0 Å². The highest BCUT2D eigenvalue weighted by molar-refractivity contribution is 5.94. The molecule has 8 heteroatoms. The topological polar surface area (TPSA) is 107 Å². The third-order valence-corrected chi connectivity index (χ3v) is 5.43. The van der Waals surface area contributed by atoms with Gasteiger partial charge in [0.25, 0.3) is 11.2 Å². The molecular weight excluding hydrogens is 408 g/mol. The molecule has 1 unspecified atom stereocenters. The van der Waals surface area contributed by atoms with E-state index in [0.29, 0.717) is 17.9 Å². The van der Waals surface area contributed by atoms with Crippen LogP contribution in [0.3, 0.4) is 0 Å². The number of anilines is 1. The first-order valence-corrected chi connectivity index (χ1v) is 10.3. The molecule has 0 fully saturated rings. The SMILES string of the molecule is CC(=O)Nc1ccc([N+](=O)[O-])cc1-c1nc2c(n(Cc3ccccc3)c1=O)C(C)CC=C2. The standard InChI is InChI=1S/C24H22N4O4/c1-15-7-6-10-21-23(15)27(14-17-8-4-3-5-9-17)24(30)22(26-21)19-13-18(28(31)32)11-12-20(19)25-16(2)29/h3-6,8-13,15H,7,14H2,1-2H3,(H,25,29). The monoisotopic (exact) mass is 430 g/mol. The van der Waals surface area contributed by atoms with E-state index in [2.05, 4.69) is 10.3 Å². The molecule has 8 nitrogen and oxygen atoms in total. The van der Waals surface area contributed by atoms with Crippen molar-refractivity contribution in [3.63, 3.8) is 0 Å². The molecule has 1 heterocycles. The molecule has 4 rings (SSSR count). The van der Waals surface area contributed by atoms with Gasteiger partial charge in [0.1, 0.15) is 5.69 Å². The van der Waals surface area contributed by atoms with Crippen LogP contribution in [0.5, 0.6) is 0 Å². The Morgan fingerprint density at radius 3 is 2.69 bits per heavy atom. The average Bonchev–Trinajstić information content (AvgIpc) is 2.76. The van der Waals surface area contributed by atoms with Crippen molar-refractivity contribution in [3.8, 4) is 11.3 Å². The fourth-order valence-corrected chi connectivity index (χ4v) is 3.98. The van der Waals surface area contributed by atoms with E-state index in [-0.39, 0.29) is 34.3 Å². The fourth-order valence-electron chi connectivity index (χ4n) is 3.98. The van der Waals surface area contributed by atoms with Gasteiger partial charge in [-0.3, -0.25) is 19.7 Å². The van der Waals surface area contributed by atoms with Gasteiger partial charge >= 0.3 is 0 Å². The normalized spacial score (nSPS) is 14.6. The smallest absolute Gasteiger partial charge is 0.277 e. The van der Waals surface area contributed by atoms with Crippen molar-refractivity contribution < 1.29 is 9.72 Å². The third-order valence-electron chi connectivity index (χ3n) is 5.43. The molecular formula is C24H22N4O4. The number of amides is 1. The van der Waals surface area contributed by atoms with Gasteiger partial charge in [0, 0.05) is 30.5 Å². The Morgan fingerprint density at radius 2 is 2.00 bits per heavy atom. The molecule has 0 spiro atoms. The minimum atomic E-state index is -0.538. The van der Waals surface area contributed by atoms with Crippen molar-refractivity contribution in [2.24, 2.45) is 0 Å². The molecule has 0 saturated carbocycles. The summed E-state index contributed by atoms with van der Waals surface area (Å²) in [5.41, 5.74) is 2.46. The van der Waals surface area contributed by atoms with E-state index in [1.165, 1.54) is 25.1 Å². The van der Waals surface area contributed by atoms with Gasteiger partial charge in [0.2, 0.25) is 5.91 Å². The maximum Gasteiger partial charge on any atom is 0.277 e. The van der Waals surface area contributed by atoms with Crippen molar-refractivity contribution in [3.05, 3.63) is 92.0 Å². The van der Waals surface area contributed by atoms with Crippen LogP contribution in [-0.2, 0) is 11.3 Å². The number of non-ortho nitro benzene ring substituents is 1. The molecule has 3 aromatic rings. The number of allylic oxidation sites excluding steroid dienone is 1. The highest BCUT2D eigenvalue weighted by Crippen LogP contribution is 2.33. The van der Waals surface area contributed by atoms with Crippen molar-refractivity contribution in [1.82, 2.24) is 9.55 Å². The summed E-state index contributed by atoms with van der Waals surface area (Å²) >= 11 is 0. The number of hydrogen-bond acceptors (Lipinski definition) is 5. The number of aromatic nitrogens is 2. The minimum absolute atomic E-state index is 0.0610. The number of carbonyl (C=O) groups excluding carboxylic acids is 1. The number of nitrogens with one attached hydrogen (secondary N) is 1. The lowest BCUT2D eigenvalue weighted by atomic mass is 9.95. The Hall–Kier alpha value is -4.07. The van der Waals surface area contributed by atoms with Gasteiger partial charge in [-0.05, 0) is 24.1 Å². The number of benzene rings is 2. The zero-order chi connectivity index (χ0) is 22.8. The first-order valence-electron chi connectivity index (χ1n) is 10.3. The highest BCUT2D eigenvalue weighted by atomic mass is 16.6. The molecule has 1 aliphatic carbocycles. The zero-order valence-electron chi connectivity index (χ0n) is 17.7. The van der Waals surface area contributed by atoms with E-state index >= 15 is 0 Å². The number of rotatable bonds is 5. The van der Waals surface area contributed by atoms with Crippen LogP contribution in [0, 0.1) is 10.1 Å². The van der Waals surface area contributed by atoms with Crippen LogP contribution in [0.25, 0.3) is 17.3 Å². The van der Waals surface area contributed by atoms with Crippen molar-refractivity contribution in [2.75, 3.05) is 5.32 Å². The Bertz CT molecular complexity index is 1300. The molecule has 0 radical (unpaired) electrons. The molecule has 1 aromatic heterocycles. The van der Waals surface area contributed by atoms with Crippen LogP contribution in [0.2, 0.25) is 0 Å². The summed E-state index contributed by atoms with van der Waals surface area (Å²) in [6.07, 6.45) is 4.66. The molecule has 162 valence electrons. The summed E-state index contributed by atoms with van der Waals surface area (Å²) in [6.45, 7) is 3.73. The van der Waals surface area contributed by atoms with Gasteiger partial charge in [-0.25, -0.2) is 4.98 Å². The van der Waals surface area contributed by atoms with Crippen molar-refractivity contribution in [1.29, 1.82) is 0 Å². The van der Waals surface area contributed by atoms with Crippen LogP contribution in [0.1, 0.15) is 43.1 Å². The number of nitro benzene ring substituents is 1. The fraction of sp³-hybridized carbons (Fsp3) is 0.208. The van der Waals surface area contributed by atoms with E-state index in [0.717, 1.165) is 17.7 Å². The minimum Gasteiger partial charge on any atom is -0.326 e. The second-order valence-electron chi connectivity index (χ2n) is 7.82. The maximum atomic E-state index is 13.7. The van der Waals surface area contributed by atoms with Crippen LogP contribution < -0.4 is 10.9 Å². The molecule has 0 saturated heterocycles. The third kappa shape index (κ3) is 4.07. The van der Waals surface area contributed by atoms with Crippen LogP contribution in [0.4, 0.5) is 11.4 Å². The largest absolute Gasteiger partial charge is 0.326 e. The highest BCUT2D eigenvalue weighted by Gasteiger charge is 2.25. The predicted octanol–water partition coefficient (Wildman–Crippen LogP) is 4.35. The summed E-state index contributed by atoms with van der Waals surface area (Å²) in [4.78, 5) is 40.9. The molecule has 1 N–H and O–H groups in total. The van der Waals surface area contributed by atoms with E-state index in [4.69, 9.17) is 0 Å². The average molecular weight is 430 g/mol. The molecule has 1 atom stereocenters. The summed E-state index contributed by atoms with van der Waals surface area (Å²) < 4.78 is 1.69. The lowest BCUT2D eigenvalue weighted by Gasteiger charge is -2.24. The number of nitrogens with zero attached hydrogens (tertiary/aromatic N) is 3. The van der Waals surface area contributed by atoms with Gasteiger partial charge < -0.3 is 9.88 Å². The summed E-state index contributed by atoms with van der Waals surface area (Å²) in [5, 5.41) is 14.0. The lowest BCUT2D eigenvalue weighted by molar-refractivity contribution is -0.384. The Kier molecular flexibility index (Phi) is 5.68. The first-order chi connectivity index (χ1) is 15.3. The molecule has 1 aliphatic rings. The van der Waals surface area contributed by atoms with Crippen molar-refractivity contribution in [2.45, 2.75) is 32.7 Å². The zero-order valence-corrected chi connectivity index (χ0v) is 17.7. The van der Waals surface area contributed by atoms with E-state index in [1.54, 1.807) is 4.57 Å². The van der Waals surface area contributed by atoms with E-state index < -0.39 is 4.92 Å². The second-order valence-corrected chi connectivity index (χ2v) is 7.82. The Labute approximate surface area is 184 Å². The number of fused-ring (bicyclic) bond motifs is 1. The van der Waals surface area contributed by atoms with Crippen molar-refractivity contribution >= 4 is 23.4 Å². The number of hydrogen-bond donors (Lipinski definition) is 1. The van der Waals surface area contributed by atoms with Crippen LogP contribution in [0.15, 0.2) is 59.4 Å². The van der Waals surface area contributed by atoms with E-state index in [1.807, 2.05) is 49.4 Å².